The lowest BCUT2D eigenvalue weighted by atomic mass is 9.91. The van der Waals surface area contributed by atoms with Crippen molar-refractivity contribution in [1.82, 2.24) is 0 Å². The number of anilines is 1. The number of amides is 1. The van der Waals surface area contributed by atoms with Gasteiger partial charge in [-0.25, -0.2) is 0 Å². The maximum atomic E-state index is 12.2. The molecular weight excluding hydrogens is 334 g/mol. The summed E-state index contributed by atoms with van der Waals surface area (Å²) in [4.78, 5) is 12.2. The summed E-state index contributed by atoms with van der Waals surface area (Å²) in [5.74, 6) is 0.780. The van der Waals surface area contributed by atoms with Crippen LogP contribution in [0.3, 0.4) is 0 Å². The van der Waals surface area contributed by atoms with Gasteiger partial charge in [0.25, 0.3) is 0 Å². The fourth-order valence-corrected chi connectivity index (χ4v) is 3.56. The van der Waals surface area contributed by atoms with E-state index >= 15 is 0 Å². The SMILES string of the molecule is CCC(=O)Nc1ccc2ccccc2c1-c1c(OC)ccc2ccccc12. The molecule has 0 heterocycles. The van der Waals surface area contributed by atoms with Gasteiger partial charge in [0, 0.05) is 23.2 Å². The Balaban J connectivity index is 2.13. The molecule has 0 spiro atoms. The lowest BCUT2D eigenvalue weighted by Gasteiger charge is -2.18. The summed E-state index contributed by atoms with van der Waals surface area (Å²) in [6.45, 7) is 1.86. The number of carbonyl (C=O) groups excluding carboxylic acids is 1. The highest BCUT2D eigenvalue weighted by Gasteiger charge is 2.18. The molecule has 0 unspecified atom stereocenters. The van der Waals surface area contributed by atoms with Gasteiger partial charge in [-0.05, 0) is 33.7 Å². The van der Waals surface area contributed by atoms with E-state index in [0.717, 1.165) is 44.1 Å². The predicted molar refractivity (Wildman–Crippen MR) is 112 cm³/mol. The van der Waals surface area contributed by atoms with Crippen molar-refractivity contribution in [3.05, 3.63) is 72.8 Å². The minimum Gasteiger partial charge on any atom is -0.496 e. The summed E-state index contributed by atoms with van der Waals surface area (Å²) in [6, 6.07) is 24.5. The number of benzene rings is 4. The summed E-state index contributed by atoms with van der Waals surface area (Å²) < 4.78 is 5.73. The fraction of sp³-hybridized carbons (Fsp3) is 0.125. The number of methoxy groups -OCH3 is 1. The zero-order chi connectivity index (χ0) is 18.8. The third-order valence-corrected chi connectivity index (χ3v) is 4.88. The van der Waals surface area contributed by atoms with Crippen LogP contribution >= 0.6 is 0 Å². The van der Waals surface area contributed by atoms with E-state index in [-0.39, 0.29) is 5.91 Å². The first-order chi connectivity index (χ1) is 13.2. The number of rotatable bonds is 4. The van der Waals surface area contributed by atoms with Gasteiger partial charge in [-0.1, -0.05) is 67.6 Å². The van der Waals surface area contributed by atoms with Crippen molar-refractivity contribution >= 4 is 33.1 Å². The molecule has 4 aromatic rings. The van der Waals surface area contributed by atoms with E-state index in [4.69, 9.17) is 4.74 Å². The Bertz CT molecular complexity index is 1150. The van der Waals surface area contributed by atoms with Gasteiger partial charge in [-0.15, -0.1) is 0 Å². The van der Waals surface area contributed by atoms with Crippen molar-refractivity contribution in [3.63, 3.8) is 0 Å². The number of fused-ring (bicyclic) bond motifs is 2. The maximum absolute atomic E-state index is 12.2. The van der Waals surface area contributed by atoms with E-state index in [2.05, 4.69) is 35.6 Å². The number of ether oxygens (including phenoxy) is 1. The van der Waals surface area contributed by atoms with Crippen LogP contribution in [0.15, 0.2) is 72.8 Å². The lowest BCUT2D eigenvalue weighted by Crippen LogP contribution is -2.10. The van der Waals surface area contributed by atoms with Gasteiger partial charge in [0.15, 0.2) is 0 Å². The molecule has 4 rings (SSSR count). The molecule has 4 aromatic carbocycles. The van der Waals surface area contributed by atoms with E-state index < -0.39 is 0 Å². The van der Waals surface area contributed by atoms with Gasteiger partial charge in [-0.3, -0.25) is 4.79 Å². The standard InChI is InChI=1S/C24H21NO2/c1-3-22(26)25-20-14-12-16-8-4-6-10-18(16)23(20)24-19-11-7-5-9-17(19)13-15-21(24)27-2/h4-15H,3H2,1-2H3,(H,25,26). The molecule has 134 valence electrons. The largest absolute Gasteiger partial charge is 0.496 e. The molecule has 0 aromatic heterocycles. The van der Waals surface area contributed by atoms with Crippen LogP contribution in [-0.2, 0) is 4.79 Å². The molecule has 0 atom stereocenters. The normalized spacial score (nSPS) is 10.9. The maximum Gasteiger partial charge on any atom is 0.224 e. The van der Waals surface area contributed by atoms with E-state index in [1.807, 2.05) is 49.4 Å². The third kappa shape index (κ3) is 3.02. The average molecular weight is 355 g/mol. The Kier molecular flexibility index (Phi) is 4.51. The van der Waals surface area contributed by atoms with E-state index in [9.17, 15) is 4.79 Å². The third-order valence-electron chi connectivity index (χ3n) is 4.88. The number of hydrogen-bond donors (Lipinski definition) is 1. The molecule has 0 aliphatic carbocycles. The van der Waals surface area contributed by atoms with Gasteiger partial charge in [0.2, 0.25) is 5.91 Å². The Hall–Kier alpha value is -3.33. The van der Waals surface area contributed by atoms with E-state index in [1.54, 1.807) is 7.11 Å². The quantitative estimate of drug-likeness (QED) is 0.486. The molecule has 1 amide bonds. The predicted octanol–water partition coefficient (Wildman–Crippen LogP) is 6.02. The van der Waals surface area contributed by atoms with Crippen molar-refractivity contribution in [2.24, 2.45) is 0 Å². The molecule has 0 saturated carbocycles. The molecule has 3 nitrogen and oxygen atoms in total. The monoisotopic (exact) mass is 355 g/mol. The first-order valence-electron chi connectivity index (χ1n) is 9.10. The fourth-order valence-electron chi connectivity index (χ4n) is 3.56. The lowest BCUT2D eigenvalue weighted by molar-refractivity contribution is -0.115. The zero-order valence-electron chi connectivity index (χ0n) is 15.5. The molecule has 0 radical (unpaired) electrons. The smallest absolute Gasteiger partial charge is 0.224 e. The highest BCUT2D eigenvalue weighted by molar-refractivity contribution is 6.13. The van der Waals surface area contributed by atoms with Gasteiger partial charge in [-0.2, -0.15) is 0 Å². The summed E-state index contributed by atoms with van der Waals surface area (Å²) >= 11 is 0. The topological polar surface area (TPSA) is 38.3 Å². The highest BCUT2D eigenvalue weighted by Crippen LogP contribution is 2.44. The molecular formula is C24H21NO2. The second-order valence-corrected chi connectivity index (χ2v) is 6.47. The Labute approximate surface area is 158 Å². The van der Waals surface area contributed by atoms with E-state index in [0.29, 0.717) is 6.42 Å². The molecule has 3 heteroatoms. The zero-order valence-corrected chi connectivity index (χ0v) is 15.5. The molecule has 27 heavy (non-hydrogen) atoms. The van der Waals surface area contributed by atoms with Gasteiger partial charge >= 0.3 is 0 Å². The summed E-state index contributed by atoms with van der Waals surface area (Å²) in [5.41, 5.74) is 2.79. The molecule has 0 saturated heterocycles. The van der Waals surface area contributed by atoms with Crippen LogP contribution < -0.4 is 10.1 Å². The van der Waals surface area contributed by atoms with Crippen LogP contribution in [0, 0.1) is 0 Å². The minimum absolute atomic E-state index is 0.00858. The number of hydrogen-bond acceptors (Lipinski definition) is 2. The second-order valence-electron chi connectivity index (χ2n) is 6.47. The van der Waals surface area contributed by atoms with Crippen molar-refractivity contribution in [3.8, 4) is 16.9 Å². The van der Waals surface area contributed by atoms with Crippen molar-refractivity contribution < 1.29 is 9.53 Å². The van der Waals surface area contributed by atoms with Crippen molar-refractivity contribution in [2.75, 3.05) is 12.4 Å². The Morgan fingerprint density at radius 1 is 0.815 bits per heavy atom. The average Bonchev–Trinajstić information content (AvgIpc) is 2.73. The van der Waals surface area contributed by atoms with Gasteiger partial charge in [0.05, 0.1) is 7.11 Å². The van der Waals surface area contributed by atoms with Crippen molar-refractivity contribution in [1.29, 1.82) is 0 Å². The molecule has 0 aliphatic rings. The Morgan fingerprint density at radius 2 is 1.41 bits per heavy atom. The van der Waals surface area contributed by atoms with Crippen LogP contribution in [-0.4, -0.2) is 13.0 Å². The van der Waals surface area contributed by atoms with Crippen LogP contribution in [0.4, 0.5) is 5.69 Å². The minimum atomic E-state index is -0.00858. The Morgan fingerprint density at radius 3 is 2.04 bits per heavy atom. The first kappa shape index (κ1) is 17.1. The number of carbonyl (C=O) groups is 1. The first-order valence-corrected chi connectivity index (χ1v) is 9.10. The summed E-state index contributed by atoms with van der Waals surface area (Å²) in [5, 5.41) is 7.51. The van der Waals surface area contributed by atoms with Crippen LogP contribution in [0.2, 0.25) is 0 Å². The van der Waals surface area contributed by atoms with Gasteiger partial charge < -0.3 is 10.1 Å². The van der Waals surface area contributed by atoms with Gasteiger partial charge in [0.1, 0.15) is 5.75 Å². The van der Waals surface area contributed by atoms with Crippen LogP contribution in [0.1, 0.15) is 13.3 Å². The molecule has 0 fully saturated rings. The van der Waals surface area contributed by atoms with Crippen LogP contribution in [0.25, 0.3) is 32.7 Å². The molecule has 0 bridgehead atoms. The number of nitrogens with one attached hydrogen (secondary N) is 1. The second kappa shape index (κ2) is 7.12. The molecule has 1 N–H and O–H groups in total. The summed E-state index contributed by atoms with van der Waals surface area (Å²) in [7, 11) is 1.68. The highest BCUT2D eigenvalue weighted by atomic mass is 16.5. The summed E-state index contributed by atoms with van der Waals surface area (Å²) in [6.07, 6.45) is 0.430. The van der Waals surface area contributed by atoms with Crippen molar-refractivity contribution in [2.45, 2.75) is 13.3 Å². The van der Waals surface area contributed by atoms with E-state index in [1.165, 1.54) is 0 Å². The molecule has 0 aliphatic heterocycles. The van der Waals surface area contributed by atoms with Crippen LogP contribution in [0.5, 0.6) is 5.75 Å².